The number of hydrogen-bond donors (Lipinski definition) is 1. The summed E-state index contributed by atoms with van der Waals surface area (Å²) in [6.45, 7) is 10.4. The highest BCUT2D eigenvalue weighted by atomic mass is 16.2. The van der Waals surface area contributed by atoms with Crippen molar-refractivity contribution in [3.63, 3.8) is 0 Å². The monoisotopic (exact) mass is 366 g/mol. The molecule has 1 N–H and O–H groups in total. The molecular formula is C20H34N2O4. The van der Waals surface area contributed by atoms with Crippen LogP contribution in [0.3, 0.4) is 0 Å². The Kier molecular flexibility index (Phi) is 8.44. The van der Waals surface area contributed by atoms with Gasteiger partial charge in [0.15, 0.2) is 0 Å². The van der Waals surface area contributed by atoms with Crippen molar-refractivity contribution in [1.29, 1.82) is 0 Å². The molecule has 0 aliphatic carbocycles. The van der Waals surface area contributed by atoms with Crippen molar-refractivity contribution in [2.24, 2.45) is 17.3 Å². The molecule has 26 heavy (non-hydrogen) atoms. The number of ketones is 1. The van der Waals surface area contributed by atoms with Crippen LogP contribution in [0.15, 0.2) is 0 Å². The summed E-state index contributed by atoms with van der Waals surface area (Å²) >= 11 is 0. The third kappa shape index (κ3) is 6.89. The van der Waals surface area contributed by atoms with Gasteiger partial charge >= 0.3 is 0 Å². The van der Waals surface area contributed by atoms with Crippen LogP contribution in [0, 0.1) is 17.3 Å². The first-order chi connectivity index (χ1) is 12.0. The zero-order valence-corrected chi connectivity index (χ0v) is 16.9. The number of nitrogens with zero attached hydrogens (tertiary/aromatic N) is 1. The minimum Gasteiger partial charge on any atom is -0.356 e. The van der Waals surface area contributed by atoms with Crippen LogP contribution in [0.1, 0.15) is 73.1 Å². The van der Waals surface area contributed by atoms with Crippen molar-refractivity contribution in [2.45, 2.75) is 73.1 Å². The van der Waals surface area contributed by atoms with E-state index in [1.54, 1.807) is 0 Å². The summed E-state index contributed by atoms with van der Waals surface area (Å²) in [4.78, 5) is 49.0. The van der Waals surface area contributed by atoms with Crippen LogP contribution >= 0.6 is 0 Å². The van der Waals surface area contributed by atoms with E-state index in [4.69, 9.17) is 0 Å². The van der Waals surface area contributed by atoms with Gasteiger partial charge in [0.05, 0.1) is 0 Å². The van der Waals surface area contributed by atoms with Gasteiger partial charge in [-0.25, -0.2) is 0 Å². The summed E-state index contributed by atoms with van der Waals surface area (Å²) in [5.74, 6) is -0.325. The van der Waals surface area contributed by atoms with Gasteiger partial charge in [-0.2, -0.15) is 0 Å². The molecule has 0 aromatic heterocycles. The Hall–Kier alpha value is -1.72. The number of Topliss-reactive ketones (excluding diaryl/α,β-unsaturated/α-hetero) is 1. The van der Waals surface area contributed by atoms with E-state index >= 15 is 0 Å². The lowest BCUT2D eigenvalue weighted by molar-refractivity contribution is -0.140. The molecule has 6 nitrogen and oxygen atoms in total. The van der Waals surface area contributed by atoms with E-state index in [9.17, 15) is 19.2 Å². The molecule has 1 saturated heterocycles. The van der Waals surface area contributed by atoms with Crippen LogP contribution in [0.25, 0.3) is 0 Å². The molecule has 3 amide bonds. The van der Waals surface area contributed by atoms with Crippen molar-refractivity contribution in [3.8, 4) is 0 Å². The van der Waals surface area contributed by atoms with Gasteiger partial charge < -0.3 is 5.32 Å². The number of nitrogens with one attached hydrogen (secondary N) is 1. The van der Waals surface area contributed by atoms with Crippen molar-refractivity contribution in [1.82, 2.24) is 10.2 Å². The average Bonchev–Trinajstić information content (AvgIpc) is 2.82. The first-order valence-electron chi connectivity index (χ1n) is 9.68. The zero-order chi connectivity index (χ0) is 19.9. The van der Waals surface area contributed by atoms with Crippen molar-refractivity contribution < 1.29 is 19.2 Å². The highest BCUT2D eigenvalue weighted by Gasteiger charge is 2.39. The molecule has 0 bridgehead atoms. The van der Waals surface area contributed by atoms with Gasteiger partial charge in [-0.3, -0.25) is 24.1 Å². The molecule has 1 aliphatic rings. The standard InChI is InChI=1S/C20H34N2O4/c1-14(2)15-13-18(25)22(19(15)26)12-10-17(24)21-11-8-6-7-9-16(23)20(3,4)5/h14-15H,6-13H2,1-5H3,(H,21,24). The lowest BCUT2D eigenvalue weighted by Crippen LogP contribution is -2.35. The molecular weight excluding hydrogens is 332 g/mol. The Balaban J connectivity index is 2.17. The molecule has 0 aromatic rings. The SMILES string of the molecule is CC(C)C1CC(=O)N(CCC(=O)NCCCCCC(=O)C(C)(C)C)C1=O. The Morgan fingerprint density at radius 3 is 2.31 bits per heavy atom. The Morgan fingerprint density at radius 1 is 1.12 bits per heavy atom. The molecule has 0 radical (unpaired) electrons. The van der Waals surface area contributed by atoms with Gasteiger partial charge in [-0.15, -0.1) is 0 Å². The number of hydrogen-bond acceptors (Lipinski definition) is 4. The fraction of sp³-hybridized carbons (Fsp3) is 0.800. The van der Waals surface area contributed by atoms with E-state index in [0.29, 0.717) is 13.0 Å². The van der Waals surface area contributed by atoms with E-state index in [2.05, 4.69) is 5.32 Å². The number of unbranched alkanes of at least 4 members (excludes halogenated alkanes) is 2. The Morgan fingerprint density at radius 2 is 1.77 bits per heavy atom. The fourth-order valence-corrected chi connectivity index (χ4v) is 2.96. The molecule has 1 fully saturated rings. The normalized spacial score (nSPS) is 17.9. The van der Waals surface area contributed by atoms with Gasteiger partial charge in [0.2, 0.25) is 17.7 Å². The van der Waals surface area contributed by atoms with Gasteiger partial charge in [-0.05, 0) is 18.8 Å². The number of carbonyl (C=O) groups is 4. The molecule has 6 heteroatoms. The summed E-state index contributed by atoms with van der Waals surface area (Å²) in [6, 6.07) is 0. The largest absolute Gasteiger partial charge is 0.356 e. The molecule has 1 atom stereocenters. The van der Waals surface area contributed by atoms with Gasteiger partial charge in [0, 0.05) is 43.7 Å². The van der Waals surface area contributed by atoms with E-state index in [1.807, 2.05) is 34.6 Å². The predicted octanol–water partition coefficient (Wildman–Crippen LogP) is 2.70. The van der Waals surface area contributed by atoms with Crippen molar-refractivity contribution >= 4 is 23.5 Å². The summed E-state index contributed by atoms with van der Waals surface area (Å²) in [5.41, 5.74) is -0.284. The van der Waals surface area contributed by atoms with Crippen molar-refractivity contribution in [3.05, 3.63) is 0 Å². The molecule has 148 valence electrons. The number of amides is 3. The van der Waals surface area contributed by atoms with Crippen LogP contribution in [0.2, 0.25) is 0 Å². The Labute approximate surface area is 157 Å². The van der Waals surface area contributed by atoms with Crippen molar-refractivity contribution in [2.75, 3.05) is 13.1 Å². The number of imide groups is 1. The molecule has 0 aromatic carbocycles. The number of carbonyl (C=O) groups excluding carboxylic acids is 4. The van der Waals surface area contributed by atoms with Gasteiger partial charge in [0.1, 0.15) is 5.78 Å². The highest BCUT2D eigenvalue weighted by Crippen LogP contribution is 2.26. The second-order valence-corrected chi connectivity index (χ2v) is 8.52. The van der Waals surface area contributed by atoms with Gasteiger partial charge in [0.25, 0.3) is 0 Å². The topological polar surface area (TPSA) is 83.6 Å². The van der Waals surface area contributed by atoms with E-state index in [-0.39, 0.29) is 60.1 Å². The first-order valence-corrected chi connectivity index (χ1v) is 9.68. The van der Waals surface area contributed by atoms with Crippen LogP contribution in [-0.4, -0.2) is 41.5 Å². The fourth-order valence-electron chi connectivity index (χ4n) is 2.96. The maximum atomic E-state index is 12.2. The lowest BCUT2D eigenvalue weighted by atomic mass is 9.88. The zero-order valence-electron chi connectivity index (χ0n) is 16.9. The Bertz CT molecular complexity index is 534. The minimum atomic E-state index is -0.284. The van der Waals surface area contributed by atoms with Gasteiger partial charge in [-0.1, -0.05) is 41.0 Å². The first kappa shape index (κ1) is 22.3. The van der Waals surface area contributed by atoms with Crippen LogP contribution < -0.4 is 5.32 Å². The summed E-state index contributed by atoms with van der Waals surface area (Å²) in [7, 11) is 0. The van der Waals surface area contributed by atoms with E-state index < -0.39 is 0 Å². The predicted molar refractivity (Wildman–Crippen MR) is 100 cm³/mol. The highest BCUT2D eigenvalue weighted by molar-refractivity contribution is 6.03. The molecule has 1 heterocycles. The minimum absolute atomic E-state index is 0.135. The van der Waals surface area contributed by atoms with Crippen LogP contribution in [-0.2, 0) is 19.2 Å². The maximum Gasteiger partial charge on any atom is 0.233 e. The quantitative estimate of drug-likeness (QED) is 0.476. The van der Waals surface area contributed by atoms with Crippen LogP contribution in [0.4, 0.5) is 0 Å². The maximum absolute atomic E-state index is 12.2. The summed E-state index contributed by atoms with van der Waals surface area (Å²) in [6.07, 6.45) is 3.52. The third-order valence-corrected chi connectivity index (χ3v) is 4.89. The smallest absolute Gasteiger partial charge is 0.233 e. The summed E-state index contributed by atoms with van der Waals surface area (Å²) < 4.78 is 0. The second-order valence-electron chi connectivity index (χ2n) is 8.52. The molecule has 1 unspecified atom stereocenters. The summed E-state index contributed by atoms with van der Waals surface area (Å²) in [5, 5.41) is 2.82. The average molecular weight is 367 g/mol. The number of likely N-dealkylation sites (tertiary alicyclic amines) is 1. The molecule has 1 rings (SSSR count). The van der Waals surface area contributed by atoms with E-state index in [1.165, 1.54) is 4.90 Å². The number of rotatable bonds is 10. The molecule has 1 aliphatic heterocycles. The van der Waals surface area contributed by atoms with Crippen LogP contribution in [0.5, 0.6) is 0 Å². The second kappa shape index (κ2) is 9.83. The lowest BCUT2D eigenvalue weighted by Gasteiger charge is -2.16. The molecule has 0 saturated carbocycles. The van der Waals surface area contributed by atoms with E-state index in [0.717, 1.165) is 19.3 Å². The molecule has 0 spiro atoms. The third-order valence-electron chi connectivity index (χ3n) is 4.89.